The van der Waals surface area contributed by atoms with Gasteiger partial charge in [0.2, 0.25) is 0 Å². The Kier molecular flexibility index (Phi) is 4.51. The number of benzene rings is 1. The molecule has 0 radical (unpaired) electrons. The van der Waals surface area contributed by atoms with Crippen molar-refractivity contribution in [3.05, 3.63) is 29.8 Å². The smallest absolute Gasteiger partial charge is 0.319 e. The standard InChI is InChI=1S/C12H17N3O2/c1-8(2)13-12(16)14-11-7-5-4-6-10(11)9(3)15-17/h4-8,17H,1-3H3,(H2,13,14,16)/b15-9+. The minimum atomic E-state index is -0.279. The number of nitrogens with zero attached hydrogens (tertiary/aromatic N) is 1. The highest BCUT2D eigenvalue weighted by atomic mass is 16.4. The molecule has 0 heterocycles. The molecule has 0 aliphatic rings. The van der Waals surface area contributed by atoms with Crippen molar-refractivity contribution in [3.63, 3.8) is 0 Å². The van der Waals surface area contributed by atoms with Crippen LogP contribution in [-0.2, 0) is 0 Å². The van der Waals surface area contributed by atoms with Crippen LogP contribution in [0.15, 0.2) is 29.4 Å². The lowest BCUT2D eigenvalue weighted by atomic mass is 10.1. The number of oxime groups is 1. The summed E-state index contributed by atoms with van der Waals surface area (Å²) in [5, 5.41) is 17.3. The molecule has 0 saturated heterocycles. The van der Waals surface area contributed by atoms with Gasteiger partial charge in [-0.2, -0.15) is 0 Å². The van der Waals surface area contributed by atoms with Crippen molar-refractivity contribution < 1.29 is 10.0 Å². The number of nitrogens with one attached hydrogen (secondary N) is 2. The second-order valence-corrected chi connectivity index (χ2v) is 3.98. The molecule has 1 rings (SSSR count). The van der Waals surface area contributed by atoms with Crippen LogP contribution in [0.1, 0.15) is 26.3 Å². The maximum absolute atomic E-state index is 11.6. The van der Waals surface area contributed by atoms with Gasteiger partial charge in [0.1, 0.15) is 0 Å². The van der Waals surface area contributed by atoms with Crippen molar-refractivity contribution in [1.82, 2.24) is 5.32 Å². The molecular weight excluding hydrogens is 218 g/mol. The first-order valence-electron chi connectivity index (χ1n) is 5.40. The molecule has 5 nitrogen and oxygen atoms in total. The zero-order valence-corrected chi connectivity index (χ0v) is 10.2. The number of amides is 2. The van der Waals surface area contributed by atoms with Gasteiger partial charge >= 0.3 is 6.03 Å². The van der Waals surface area contributed by atoms with E-state index in [0.29, 0.717) is 17.0 Å². The fourth-order valence-corrected chi connectivity index (χ4v) is 1.38. The van der Waals surface area contributed by atoms with Gasteiger partial charge in [0.15, 0.2) is 0 Å². The Labute approximate surface area is 101 Å². The van der Waals surface area contributed by atoms with Gasteiger partial charge in [0, 0.05) is 11.6 Å². The SMILES string of the molecule is C/C(=N\O)c1ccccc1NC(=O)NC(C)C. The predicted molar refractivity (Wildman–Crippen MR) is 67.7 cm³/mol. The van der Waals surface area contributed by atoms with Crippen molar-refractivity contribution in [2.75, 3.05) is 5.32 Å². The first kappa shape index (κ1) is 13.0. The van der Waals surface area contributed by atoms with Gasteiger partial charge in [-0.25, -0.2) is 4.79 Å². The van der Waals surface area contributed by atoms with E-state index in [9.17, 15) is 4.79 Å². The molecule has 0 aliphatic carbocycles. The summed E-state index contributed by atoms with van der Waals surface area (Å²) in [6, 6.07) is 6.94. The number of anilines is 1. The fraction of sp³-hybridized carbons (Fsp3) is 0.333. The van der Waals surface area contributed by atoms with E-state index in [-0.39, 0.29) is 12.1 Å². The molecule has 92 valence electrons. The van der Waals surface area contributed by atoms with E-state index in [2.05, 4.69) is 15.8 Å². The lowest BCUT2D eigenvalue weighted by Gasteiger charge is -2.12. The summed E-state index contributed by atoms with van der Waals surface area (Å²) in [5.74, 6) is 0. The number of urea groups is 1. The topological polar surface area (TPSA) is 73.7 Å². The van der Waals surface area contributed by atoms with E-state index in [1.165, 1.54) is 0 Å². The summed E-state index contributed by atoms with van der Waals surface area (Å²) < 4.78 is 0. The van der Waals surface area contributed by atoms with Gasteiger partial charge in [-0.3, -0.25) is 0 Å². The molecule has 0 aliphatic heterocycles. The number of hydrogen-bond donors (Lipinski definition) is 3. The van der Waals surface area contributed by atoms with Crippen LogP contribution in [0.3, 0.4) is 0 Å². The fourth-order valence-electron chi connectivity index (χ4n) is 1.38. The van der Waals surface area contributed by atoms with Crippen LogP contribution >= 0.6 is 0 Å². The van der Waals surface area contributed by atoms with E-state index in [0.717, 1.165) is 0 Å². The average Bonchev–Trinajstić information content (AvgIpc) is 2.27. The zero-order chi connectivity index (χ0) is 12.8. The first-order valence-corrected chi connectivity index (χ1v) is 5.40. The van der Waals surface area contributed by atoms with Crippen molar-refractivity contribution >= 4 is 17.4 Å². The summed E-state index contributed by atoms with van der Waals surface area (Å²) in [6.07, 6.45) is 0. The molecule has 0 aromatic heterocycles. The van der Waals surface area contributed by atoms with Gasteiger partial charge in [-0.15, -0.1) is 0 Å². The summed E-state index contributed by atoms with van der Waals surface area (Å²) in [5.41, 5.74) is 1.75. The molecular formula is C12H17N3O2. The molecule has 17 heavy (non-hydrogen) atoms. The number of carbonyl (C=O) groups excluding carboxylic acids is 1. The number of para-hydroxylation sites is 1. The number of rotatable bonds is 3. The van der Waals surface area contributed by atoms with Gasteiger partial charge in [-0.05, 0) is 26.8 Å². The molecule has 5 heteroatoms. The molecule has 0 fully saturated rings. The first-order chi connectivity index (χ1) is 8.04. The third-order valence-electron chi connectivity index (χ3n) is 2.13. The Balaban J connectivity index is 2.88. The molecule has 3 N–H and O–H groups in total. The van der Waals surface area contributed by atoms with Crippen molar-refractivity contribution in [2.24, 2.45) is 5.16 Å². The molecule has 1 aromatic carbocycles. The monoisotopic (exact) mass is 235 g/mol. The molecule has 2 amide bonds. The van der Waals surface area contributed by atoms with Crippen LogP contribution in [0.4, 0.5) is 10.5 Å². The minimum Gasteiger partial charge on any atom is -0.411 e. The molecule has 0 spiro atoms. The van der Waals surface area contributed by atoms with E-state index < -0.39 is 0 Å². The normalized spacial score (nSPS) is 11.4. The summed E-state index contributed by atoms with van der Waals surface area (Å²) in [4.78, 5) is 11.6. The average molecular weight is 235 g/mol. The Morgan fingerprint density at radius 1 is 1.35 bits per heavy atom. The van der Waals surface area contributed by atoms with Crippen LogP contribution in [0.5, 0.6) is 0 Å². The quantitative estimate of drug-likeness (QED) is 0.427. The lowest BCUT2D eigenvalue weighted by Crippen LogP contribution is -2.34. The minimum absolute atomic E-state index is 0.0646. The Morgan fingerprint density at radius 3 is 2.59 bits per heavy atom. The molecule has 0 atom stereocenters. The Bertz CT molecular complexity index is 428. The zero-order valence-electron chi connectivity index (χ0n) is 10.2. The van der Waals surface area contributed by atoms with Crippen LogP contribution in [0, 0.1) is 0 Å². The van der Waals surface area contributed by atoms with Crippen LogP contribution in [0.2, 0.25) is 0 Å². The molecule has 1 aromatic rings. The van der Waals surface area contributed by atoms with Gasteiger partial charge < -0.3 is 15.8 Å². The maximum Gasteiger partial charge on any atom is 0.319 e. The summed E-state index contributed by atoms with van der Waals surface area (Å²) in [6.45, 7) is 5.43. The van der Waals surface area contributed by atoms with Crippen molar-refractivity contribution in [1.29, 1.82) is 0 Å². The van der Waals surface area contributed by atoms with E-state index in [1.54, 1.807) is 25.1 Å². The third-order valence-corrected chi connectivity index (χ3v) is 2.13. The second kappa shape index (κ2) is 5.89. The second-order valence-electron chi connectivity index (χ2n) is 3.98. The van der Waals surface area contributed by atoms with Crippen molar-refractivity contribution in [3.8, 4) is 0 Å². The summed E-state index contributed by atoms with van der Waals surface area (Å²) in [7, 11) is 0. The van der Waals surface area contributed by atoms with Crippen LogP contribution < -0.4 is 10.6 Å². The highest BCUT2D eigenvalue weighted by Gasteiger charge is 2.09. The predicted octanol–water partition coefficient (Wildman–Crippen LogP) is 2.41. The van der Waals surface area contributed by atoms with Gasteiger partial charge in [0.25, 0.3) is 0 Å². The van der Waals surface area contributed by atoms with Gasteiger partial charge in [-0.1, -0.05) is 23.4 Å². The Hall–Kier alpha value is -2.04. The van der Waals surface area contributed by atoms with E-state index in [1.807, 2.05) is 19.9 Å². The number of carbonyl (C=O) groups is 1. The molecule has 0 saturated carbocycles. The highest BCUT2D eigenvalue weighted by Crippen LogP contribution is 2.15. The van der Waals surface area contributed by atoms with E-state index >= 15 is 0 Å². The van der Waals surface area contributed by atoms with Crippen LogP contribution in [-0.4, -0.2) is 23.0 Å². The van der Waals surface area contributed by atoms with Crippen molar-refractivity contribution in [2.45, 2.75) is 26.8 Å². The lowest BCUT2D eigenvalue weighted by molar-refractivity contribution is 0.250. The Morgan fingerprint density at radius 2 is 2.00 bits per heavy atom. The van der Waals surface area contributed by atoms with Crippen LogP contribution in [0.25, 0.3) is 0 Å². The summed E-state index contributed by atoms with van der Waals surface area (Å²) >= 11 is 0. The van der Waals surface area contributed by atoms with E-state index in [4.69, 9.17) is 5.21 Å². The van der Waals surface area contributed by atoms with Gasteiger partial charge in [0.05, 0.1) is 11.4 Å². The molecule has 0 bridgehead atoms. The maximum atomic E-state index is 11.6. The number of hydrogen-bond acceptors (Lipinski definition) is 3. The third kappa shape index (κ3) is 3.79. The highest BCUT2D eigenvalue weighted by molar-refractivity contribution is 6.06. The molecule has 0 unspecified atom stereocenters. The largest absolute Gasteiger partial charge is 0.411 e.